The minimum absolute atomic E-state index is 0.193. The van der Waals surface area contributed by atoms with Gasteiger partial charge in [-0.15, -0.1) is 0 Å². The van der Waals surface area contributed by atoms with Crippen LogP contribution in [0.25, 0.3) is 11.1 Å². The summed E-state index contributed by atoms with van der Waals surface area (Å²) in [5.74, 6) is -0.245. The van der Waals surface area contributed by atoms with Gasteiger partial charge >= 0.3 is 0 Å². The first-order valence-electron chi connectivity index (χ1n) is 4.93. The van der Waals surface area contributed by atoms with E-state index in [2.05, 4.69) is 4.98 Å². The fourth-order valence-electron chi connectivity index (χ4n) is 1.50. The molecule has 0 unspecified atom stereocenters. The number of pyridine rings is 1. The molecule has 84 valence electrons. The van der Waals surface area contributed by atoms with Gasteiger partial charge in [0.25, 0.3) is 0 Å². The summed E-state index contributed by atoms with van der Waals surface area (Å²) >= 11 is 0. The van der Waals surface area contributed by atoms with Crippen LogP contribution in [0.4, 0.5) is 4.39 Å². The lowest BCUT2D eigenvalue weighted by Gasteiger charge is -2.05. The van der Waals surface area contributed by atoms with E-state index in [1.165, 1.54) is 19.4 Å². The topological polar surface area (TPSA) is 45.9 Å². The zero-order valence-electron chi connectivity index (χ0n) is 9.14. The highest BCUT2D eigenvalue weighted by molar-refractivity contribution is 5.64. The molecule has 0 amide bonds. The normalized spacial score (nSPS) is 9.71. The lowest BCUT2D eigenvalue weighted by atomic mass is 10.1. The fourth-order valence-corrected chi connectivity index (χ4v) is 1.50. The summed E-state index contributed by atoms with van der Waals surface area (Å²) in [4.78, 5) is 3.93. The zero-order chi connectivity index (χ0) is 12.3. The van der Waals surface area contributed by atoms with Crippen molar-refractivity contribution in [3.8, 4) is 22.9 Å². The maximum Gasteiger partial charge on any atom is 0.165 e. The predicted molar refractivity (Wildman–Crippen MR) is 60.9 cm³/mol. The zero-order valence-corrected chi connectivity index (χ0v) is 9.14. The molecule has 0 saturated carbocycles. The van der Waals surface area contributed by atoms with Gasteiger partial charge in [-0.3, -0.25) is 4.98 Å². The molecule has 0 radical (unpaired) electrons. The number of hydrogen-bond donors (Lipinski definition) is 0. The molecule has 1 heterocycles. The molecule has 0 aliphatic heterocycles. The molecule has 3 nitrogen and oxygen atoms in total. The van der Waals surface area contributed by atoms with E-state index < -0.39 is 5.82 Å². The maximum atomic E-state index is 13.5. The predicted octanol–water partition coefficient (Wildman–Crippen LogP) is 2.77. The molecule has 0 fully saturated rings. The van der Waals surface area contributed by atoms with Crippen LogP contribution in [0, 0.1) is 17.1 Å². The Labute approximate surface area is 98.1 Å². The molecule has 0 aliphatic rings. The Morgan fingerprint density at radius 2 is 2.06 bits per heavy atom. The number of nitriles is 1. The van der Waals surface area contributed by atoms with Crippen LogP contribution in [-0.4, -0.2) is 12.1 Å². The summed E-state index contributed by atoms with van der Waals surface area (Å²) in [6.07, 6.45) is 3.05. The van der Waals surface area contributed by atoms with Gasteiger partial charge in [-0.1, -0.05) is 6.07 Å². The van der Waals surface area contributed by atoms with Gasteiger partial charge in [-0.05, 0) is 23.8 Å². The van der Waals surface area contributed by atoms with Crippen LogP contribution < -0.4 is 4.74 Å². The first kappa shape index (κ1) is 11.1. The van der Waals surface area contributed by atoms with Crippen molar-refractivity contribution in [2.45, 2.75) is 0 Å². The Hall–Kier alpha value is -2.41. The van der Waals surface area contributed by atoms with E-state index in [1.54, 1.807) is 24.4 Å². The van der Waals surface area contributed by atoms with Gasteiger partial charge in [0.05, 0.1) is 12.7 Å². The van der Waals surface area contributed by atoms with Gasteiger partial charge in [0, 0.05) is 18.0 Å². The maximum absolute atomic E-state index is 13.5. The third-order valence-corrected chi connectivity index (χ3v) is 2.35. The molecule has 2 rings (SSSR count). The number of halogens is 1. The standard InChI is InChI=1S/C13H9FN2O/c1-17-13-3-2-10(5-12(13)14)11-4-9(6-15)7-16-8-11/h2-5,7-8H,1H3. The summed E-state index contributed by atoms with van der Waals surface area (Å²) in [6, 6.07) is 8.28. The summed E-state index contributed by atoms with van der Waals surface area (Å²) < 4.78 is 18.3. The molecule has 0 spiro atoms. The molecule has 1 aromatic heterocycles. The second-order valence-corrected chi connectivity index (χ2v) is 3.42. The third-order valence-electron chi connectivity index (χ3n) is 2.35. The highest BCUT2D eigenvalue weighted by atomic mass is 19.1. The second-order valence-electron chi connectivity index (χ2n) is 3.42. The van der Waals surface area contributed by atoms with Crippen LogP contribution >= 0.6 is 0 Å². The summed E-state index contributed by atoms with van der Waals surface area (Å²) in [5, 5.41) is 8.76. The molecule has 0 saturated heterocycles. The van der Waals surface area contributed by atoms with E-state index in [0.717, 1.165) is 0 Å². The summed E-state index contributed by atoms with van der Waals surface area (Å²) in [6.45, 7) is 0. The van der Waals surface area contributed by atoms with Gasteiger partial charge in [0.2, 0.25) is 0 Å². The number of methoxy groups -OCH3 is 1. The number of hydrogen-bond acceptors (Lipinski definition) is 3. The molecule has 0 bridgehead atoms. The van der Waals surface area contributed by atoms with Crippen LogP contribution in [0.2, 0.25) is 0 Å². The molecule has 4 heteroatoms. The number of ether oxygens (including phenoxy) is 1. The van der Waals surface area contributed by atoms with Crippen molar-refractivity contribution in [3.05, 3.63) is 48.0 Å². The average Bonchev–Trinajstić information content (AvgIpc) is 2.38. The van der Waals surface area contributed by atoms with E-state index in [4.69, 9.17) is 10.00 Å². The molecule has 0 aliphatic carbocycles. The summed E-state index contributed by atoms with van der Waals surface area (Å²) in [5.41, 5.74) is 1.80. The SMILES string of the molecule is COc1ccc(-c2cncc(C#N)c2)cc1F. The van der Waals surface area contributed by atoms with Crippen LogP contribution in [0.3, 0.4) is 0 Å². The first-order chi connectivity index (χ1) is 8.24. The van der Waals surface area contributed by atoms with Crippen molar-refractivity contribution >= 4 is 0 Å². The second kappa shape index (κ2) is 4.62. The molecular formula is C13H9FN2O. The Balaban J connectivity index is 2.46. The lowest BCUT2D eigenvalue weighted by Crippen LogP contribution is -1.89. The van der Waals surface area contributed by atoms with Crippen molar-refractivity contribution in [1.82, 2.24) is 4.98 Å². The molecular weight excluding hydrogens is 219 g/mol. The van der Waals surface area contributed by atoms with E-state index in [9.17, 15) is 4.39 Å². The minimum Gasteiger partial charge on any atom is -0.494 e. The highest BCUT2D eigenvalue weighted by Gasteiger charge is 2.06. The van der Waals surface area contributed by atoms with E-state index in [1.807, 2.05) is 6.07 Å². The van der Waals surface area contributed by atoms with Gasteiger partial charge in [0.15, 0.2) is 11.6 Å². The number of aromatic nitrogens is 1. The first-order valence-corrected chi connectivity index (χ1v) is 4.93. The van der Waals surface area contributed by atoms with Crippen LogP contribution in [-0.2, 0) is 0 Å². The van der Waals surface area contributed by atoms with E-state index in [-0.39, 0.29) is 5.75 Å². The quantitative estimate of drug-likeness (QED) is 0.793. The number of nitrogens with zero attached hydrogens (tertiary/aromatic N) is 2. The van der Waals surface area contributed by atoms with Gasteiger partial charge in [-0.25, -0.2) is 4.39 Å². The van der Waals surface area contributed by atoms with Crippen molar-refractivity contribution in [2.75, 3.05) is 7.11 Å². The molecule has 2 aromatic rings. The number of rotatable bonds is 2. The Morgan fingerprint density at radius 1 is 1.24 bits per heavy atom. The van der Waals surface area contributed by atoms with Crippen molar-refractivity contribution < 1.29 is 9.13 Å². The Bertz CT molecular complexity index is 590. The smallest absolute Gasteiger partial charge is 0.165 e. The van der Waals surface area contributed by atoms with E-state index >= 15 is 0 Å². The van der Waals surface area contributed by atoms with Crippen molar-refractivity contribution in [3.63, 3.8) is 0 Å². The molecule has 1 aromatic carbocycles. The summed E-state index contributed by atoms with van der Waals surface area (Å²) in [7, 11) is 1.41. The third kappa shape index (κ3) is 2.23. The van der Waals surface area contributed by atoms with Gasteiger partial charge in [0.1, 0.15) is 6.07 Å². The highest BCUT2D eigenvalue weighted by Crippen LogP contribution is 2.25. The van der Waals surface area contributed by atoms with Crippen LogP contribution in [0.5, 0.6) is 5.75 Å². The molecule has 0 atom stereocenters. The minimum atomic E-state index is -0.438. The van der Waals surface area contributed by atoms with Crippen molar-refractivity contribution in [1.29, 1.82) is 5.26 Å². The fraction of sp³-hybridized carbons (Fsp3) is 0.0769. The Kier molecular flexibility index (Phi) is 3.01. The molecule has 17 heavy (non-hydrogen) atoms. The monoisotopic (exact) mass is 228 g/mol. The lowest BCUT2D eigenvalue weighted by molar-refractivity contribution is 0.386. The largest absolute Gasteiger partial charge is 0.494 e. The van der Waals surface area contributed by atoms with Gasteiger partial charge in [-0.2, -0.15) is 5.26 Å². The van der Waals surface area contributed by atoms with E-state index in [0.29, 0.717) is 16.7 Å². The average molecular weight is 228 g/mol. The Morgan fingerprint density at radius 3 is 2.71 bits per heavy atom. The number of benzene rings is 1. The molecule has 0 N–H and O–H groups in total. The van der Waals surface area contributed by atoms with Crippen LogP contribution in [0.1, 0.15) is 5.56 Å². The van der Waals surface area contributed by atoms with Gasteiger partial charge < -0.3 is 4.74 Å². The van der Waals surface area contributed by atoms with Crippen molar-refractivity contribution in [2.24, 2.45) is 0 Å². The van der Waals surface area contributed by atoms with Crippen LogP contribution in [0.15, 0.2) is 36.7 Å².